The molecule has 4 unspecified atom stereocenters. The molecule has 2 amide bonds. The molecule has 1 aliphatic carbocycles. The van der Waals surface area contributed by atoms with Gasteiger partial charge in [0.15, 0.2) is 0 Å². The molecule has 2 aliphatic rings. The summed E-state index contributed by atoms with van der Waals surface area (Å²) in [5.41, 5.74) is 0.0235. The zero-order valence-electron chi connectivity index (χ0n) is 21.1. The molecule has 4 atom stereocenters. The lowest BCUT2D eigenvalue weighted by Crippen LogP contribution is -2.59. The minimum Gasteiger partial charge on any atom is -0.463 e. The fourth-order valence-corrected chi connectivity index (χ4v) is 4.91. The minimum absolute atomic E-state index is 0.0588. The molecule has 0 aromatic heterocycles. The van der Waals surface area contributed by atoms with E-state index < -0.39 is 11.5 Å². The third-order valence-electron chi connectivity index (χ3n) is 6.99. The lowest BCUT2D eigenvalue weighted by Gasteiger charge is -2.44. The SMILES string of the molecule is CCOC(=O)/C(C)=C/CN(C)C(=O)C(NC(=O)C1CC2CCCCC2CN1C)C(C)(C)C. The van der Waals surface area contributed by atoms with Gasteiger partial charge in [0.05, 0.1) is 12.6 Å². The first-order valence-electron chi connectivity index (χ1n) is 12.0. The third kappa shape index (κ3) is 6.80. The average molecular weight is 450 g/mol. The molecule has 0 aromatic carbocycles. The van der Waals surface area contributed by atoms with Crippen LogP contribution in [0, 0.1) is 17.3 Å². The lowest BCUT2D eigenvalue weighted by molar-refractivity contribution is -0.140. The fraction of sp³-hybridized carbons (Fsp3) is 0.800. The Morgan fingerprint density at radius 3 is 2.41 bits per heavy atom. The number of rotatable bonds is 7. The molecule has 32 heavy (non-hydrogen) atoms. The molecule has 2 fully saturated rings. The van der Waals surface area contributed by atoms with Gasteiger partial charge in [-0.15, -0.1) is 0 Å². The standard InChI is InChI=1S/C25H43N3O4/c1-8-32-24(31)17(2)13-14-27(6)23(30)21(25(3,4)5)26-22(29)20-15-18-11-9-10-12-19(18)16-28(20)7/h13,18-21H,8-12,14-16H2,1-7H3,(H,26,29)/b17-13+. The van der Waals surface area contributed by atoms with Crippen LogP contribution in [-0.2, 0) is 19.1 Å². The number of nitrogens with one attached hydrogen (secondary N) is 1. The Morgan fingerprint density at radius 1 is 1.19 bits per heavy atom. The van der Waals surface area contributed by atoms with E-state index in [2.05, 4.69) is 10.2 Å². The van der Waals surface area contributed by atoms with Crippen molar-refractivity contribution in [3.05, 3.63) is 11.6 Å². The van der Waals surface area contributed by atoms with Gasteiger partial charge in [0, 0.05) is 25.7 Å². The fourth-order valence-electron chi connectivity index (χ4n) is 4.91. The molecule has 0 spiro atoms. The number of nitrogens with zero attached hydrogens (tertiary/aromatic N) is 2. The van der Waals surface area contributed by atoms with Gasteiger partial charge in [0.2, 0.25) is 11.8 Å². The van der Waals surface area contributed by atoms with E-state index in [4.69, 9.17) is 4.74 Å². The van der Waals surface area contributed by atoms with Crippen LogP contribution in [0.1, 0.15) is 66.7 Å². The largest absolute Gasteiger partial charge is 0.463 e. The molecular weight excluding hydrogens is 406 g/mol. The molecule has 1 saturated heterocycles. The van der Waals surface area contributed by atoms with E-state index in [1.165, 1.54) is 25.7 Å². The topological polar surface area (TPSA) is 79.0 Å². The average Bonchev–Trinajstić information content (AvgIpc) is 2.73. The van der Waals surface area contributed by atoms with E-state index in [0.29, 0.717) is 24.0 Å². The smallest absolute Gasteiger partial charge is 0.333 e. The second-order valence-corrected chi connectivity index (χ2v) is 10.6. The summed E-state index contributed by atoms with van der Waals surface area (Å²) in [6.45, 7) is 10.9. The van der Waals surface area contributed by atoms with Crippen molar-refractivity contribution in [2.45, 2.75) is 78.8 Å². The van der Waals surface area contributed by atoms with Gasteiger partial charge in [0.25, 0.3) is 0 Å². The molecule has 2 rings (SSSR count). The third-order valence-corrected chi connectivity index (χ3v) is 6.99. The number of likely N-dealkylation sites (N-methyl/N-ethyl adjacent to an activating group) is 2. The van der Waals surface area contributed by atoms with Crippen LogP contribution < -0.4 is 5.32 Å². The van der Waals surface area contributed by atoms with Gasteiger partial charge >= 0.3 is 5.97 Å². The second kappa shape index (κ2) is 11.3. The van der Waals surface area contributed by atoms with Crippen molar-refractivity contribution in [3.8, 4) is 0 Å². The predicted octanol–water partition coefficient (Wildman–Crippen LogP) is 3.00. The Kier molecular flexibility index (Phi) is 9.31. The van der Waals surface area contributed by atoms with Gasteiger partial charge < -0.3 is 15.0 Å². The van der Waals surface area contributed by atoms with Crippen LogP contribution in [0.5, 0.6) is 0 Å². The van der Waals surface area contributed by atoms with E-state index in [1.54, 1.807) is 31.9 Å². The van der Waals surface area contributed by atoms with E-state index >= 15 is 0 Å². The zero-order valence-corrected chi connectivity index (χ0v) is 21.1. The summed E-state index contributed by atoms with van der Waals surface area (Å²) in [5, 5.41) is 3.08. The molecule has 1 aliphatic heterocycles. The monoisotopic (exact) mass is 449 g/mol. The molecule has 7 heteroatoms. The molecule has 1 N–H and O–H groups in total. The number of esters is 1. The summed E-state index contributed by atoms with van der Waals surface area (Å²) in [6.07, 6.45) is 7.58. The summed E-state index contributed by atoms with van der Waals surface area (Å²) >= 11 is 0. The van der Waals surface area contributed by atoms with Crippen LogP contribution in [0.3, 0.4) is 0 Å². The predicted molar refractivity (Wildman–Crippen MR) is 126 cm³/mol. The highest BCUT2D eigenvalue weighted by atomic mass is 16.5. The summed E-state index contributed by atoms with van der Waals surface area (Å²) in [7, 11) is 3.72. The zero-order chi connectivity index (χ0) is 24.1. The van der Waals surface area contributed by atoms with Gasteiger partial charge in [-0.25, -0.2) is 4.79 Å². The van der Waals surface area contributed by atoms with E-state index in [1.807, 2.05) is 27.8 Å². The van der Waals surface area contributed by atoms with E-state index in [9.17, 15) is 14.4 Å². The number of amides is 2. The van der Waals surface area contributed by atoms with Crippen molar-refractivity contribution in [1.29, 1.82) is 0 Å². The highest BCUT2D eigenvalue weighted by Gasteiger charge is 2.41. The molecule has 7 nitrogen and oxygen atoms in total. The van der Waals surface area contributed by atoms with Gasteiger partial charge in [-0.1, -0.05) is 46.1 Å². The van der Waals surface area contributed by atoms with Gasteiger partial charge in [0.1, 0.15) is 6.04 Å². The normalized spacial score (nSPS) is 25.5. The van der Waals surface area contributed by atoms with Crippen LogP contribution in [0.2, 0.25) is 0 Å². The number of likely N-dealkylation sites (tertiary alicyclic amines) is 1. The van der Waals surface area contributed by atoms with Crippen LogP contribution in [-0.4, -0.2) is 73.5 Å². The number of piperidine rings is 1. The van der Waals surface area contributed by atoms with Crippen molar-refractivity contribution in [2.75, 3.05) is 33.8 Å². The van der Waals surface area contributed by atoms with Crippen molar-refractivity contribution >= 4 is 17.8 Å². The van der Waals surface area contributed by atoms with Crippen molar-refractivity contribution in [2.24, 2.45) is 17.3 Å². The van der Waals surface area contributed by atoms with Crippen LogP contribution >= 0.6 is 0 Å². The Bertz CT molecular complexity index is 712. The number of carbonyl (C=O) groups excluding carboxylic acids is 3. The molecular formula is C25H43N3O4. The van der Waals surface area contributed by atoms with Crippen LogP contribution in [0.25, 0.3) is 0 Å². The first-order valence-corrected chi connectivity index (χ1v) is 12.0. The maximum Gasteiger partial charge on any atom is 0.333 e. The number of fused-ring (bicyclic) bond motifs is 1. The second-order valence-electron chi connectivity index (χ2n) is 10.6. The quantitative estimate of drug-likeness (QED) is 0.477. The van der Waals surface area contributed by atoms with E-state index in [-0.39, 0.29) is 30.4 Å². The van der Waals surface area contributed by atoms with E-state index in [0.717, 1.165) is 13.0 Å². The summed E-state index contributed by atoms with van der Waals surface area (Å²) in [5.74, 6) is 0.705. The Morgan fingerprint density at radius 2 is 1.81 bits per heavy atom. The highest BCUT2D eigenvalue weighted by molar-refractivity contribution is 5.91. The van der Waals surface area contributed by atoms with Crippen molar-refractivity contribution in [1.82, 2.24) is 15.1 Å². The number of ether oxygens (including phenoxy) is 1. The number of carbonyl (C=O) groups is 3. The first kappa shape index (κ1) is 26.4. The van der Waals surface area contributed by atoms with Gasteiger partial charge in [-0.2, -0.15) is 0 Å². The lowest BCUT2D eigenvalue weighted by atomic mass is 9.73. The van der Waals surface area contributed by atoms with Gasteiger partial charge in [-0.05, 0) is 51.0 Å². The molecule has 182 valence electrons. The minimum atomic E-state index is -0.645. The molecule has 0 bridgehead atoms. The highest BCUT2D eigenvalue weighted by Crippen LogP contribution is 2.38. The van der Waals surface area contributed by atoms with Crippen LogP contribution in [0.4, 0.5) is 0 Å². The number of hydrogen-bond donors (Lipinski definition) is 1. The van der Waals surface area contributed by atoms with Crippen molar-refractivity contribution in [3.63, 3.8) is 0 Å². The van der Waals surface area contributed by atoms with Crippen molar-refractivity contribution < 1.29 is 19.1 Å². The maximum absolute atomic E-state index is 13.3. The van der Waals surface area contributed by atoms with Gasteiger partial charge in [-0.3, -0.25) is 14.5 Å². The molecule has 0 aromatic rings. The summed E-state index contributed by atoms with van der Waals surface area (Å²) in [6, 6.07) is -0.836. The molecule has 0 radical (unpaired) electrons. The summed E-state index contributed by atoms with van der Waals surface area (Å²) < 4.78 is 4.99. The molecule has 1 heterocycles. The maximum atomic E-state index is 13.3. The Labute approximate surface area is 193 Å². The molecule has 1 saturated carbocycles. The summed E-state index contributed by atoms with van der Waals surface area (Å²) in [4.78, 5) is 42.1. The first-order chi connectivity index (χ1) is 15.0. The Balaban J connectivity index is 2.06. The van der Waals surface area contributed by atoms with Crippen LogP contribution in [0.15, 0.2) is 11.6 Å². The number of hydrogen-bond acceptors (Lipinski definition) is 5. The Hall–Kier alpha value is -1.89.